The molecule has 4 heteroatoms. The number of nitrogens with zero attached hydrogens (tertiary/aromatic N) is 1. The molecule has 1 aromatic heterocycles. The summed E-state index contributed by atoms with van der Waals surface area (Å²) in [5, 5.41) is 3.26. The topological polar surface area (TPSA) is 48.1 Å². The van der Waals surface area contributed by atoms with Gasteiger partial charge in [0.05, 0.1) is 11.7 Å². The van der Waals surface area contributed by atoms with Crippen molar-refractivity contribution in [3.05, 3.63) is 18.5 Å². The summed E-state index contributed by atoms with van der Waals surface area (Å²) in [6.45, 7) is 0.956. The maximum Gasteiger partial charge on any atom is 0.243 e. The lowest BCUT2D eigenvalue weighted by Crippen LogP contribution is -2.47. The summed E-state index contributed by atoms with van der Waals surface area (Å²) in [5.41, 5.74) is 0.923. The van der Waals surface area contributed by atoms with E-state index >= 15 is 0 Å². The number of anilines is 1. The van der Waals surface area contributed by atoms with Crippen molar-refractivity contribution in [3.8, 4) is 0 Å². The molecule has 0 spiro atoms. The van der Waals surface area contributed by atoms with Gasteiger partial charge in [0.1, 0.15) is 0 Å². The molecule has 1 amide bonds. The Kier molecular flexibility index (Phi) is 3.06. The Balaban J connectivity index is 2.00. The third-order valence-electron chi connectivity index (χ3n) is 2.91. The van der Waals surface area contributed by atoms with Gasteiger partial charge in [0.15, 0.2) is 0 Å². The number of piperidine rings is 1. The summed E-state index contributed by atoms with van der Waals surface area (Å²) in [5.74, 6) is 0.161. The minimum atomic E-state index is -0.00125. The van der Waals surface area contributed by atoms with Crippen LogP contribution in [0.25, 0.3) is 0 Å². The number of amides is 1. The van der Waals surface area contributed by atoms with Gasteiger partial charge in [0.2, 0.25) is 5.91 Å². The Hall–Kier alpha value is -1.29. The molecule has 4 nitrogen and oxygen atoms in total. The Morgan fingerprint density at radius 1 is 1.53 bits per heavy atom. The van der Waals surface area contributed by atoms with Crippen molar-refractivity contribution in [2.75, 3.05) is 18.5 Å². The number of hydrogen-bond acceptors (Lipinski definition) is 2. The highest BCUT2D eigenvalue weighted by Gasteiger charge is 2.24. The third-order valence-corrected chi connectivity index (χ3v) is 2.91. The van der Waals surface area contributed by atoms with Crippen LogP contribution in [0.4, 0.5) is 5.69 Å². The van der Waals surface area contributed by atoms with Gasteiger partial charge in [0, 0.05) is 19.4 Å². The van der Waals surface area contributed by atoms with Crippen molar-refractivity contribution >= 4 is 11.6 Å². The minimum absolute atomic E-state index is 0.00125. The predicted octanol–water partition coefficient (Wildman–Crippen LogP) is 1.12. The lowest BCUT2D eigenvalue weighted by molar-refractivity contribution is -0.120. The van der Waals surface area contributed by atoms with Crippen molar-refractivity contribution in [1.82, 2.24) is 10.3 Å². The van der Waals surface area contributed by atoms with Gasteiger partial charge in [-0.3, -0.25) is 4.79 Å². The maximum absolute atomic E-state index is 12.0. The number of carbonyl (C=O) groups excluding carboxylic acids is 1. The van der Waals surface area contributed by atoms with Gasteiger partial charge in [-0.1, -0.05) is 6.42 Å². The number of hydrogen-bond donors (Lipinski definition) is 2. The molecule has 0 bridgehead atoms. The van der Waals surface area contributed by atoms with E-state index in [9.17, 15) is 4.79 Å². The first-order valence-electron chi connectivity index (χ1n) is 5.43. The molecule has 15 heavy (non-hydrogen) atoms. The second-order valence-electron chi connectivity index (χ2n) is 3.97. The van der Waals surface area contributed by atoms with E-state index in [1.54, 1.807) is 4.90 Å². The monoisotopic (exact) mass is 207 g/mol. The number of likely N-dealkylation sites (N-methyl/N-ethyl adjacent to an activating group) is 1. The van der Waals surface area contributed by atoms with Gasteiger partial charge in [-0.15, -0.1) is 0 Å². The number of carbonyl (C=O) groups is 1. The molecule has 1 unspecified atom stereocenters. The van der Waals surface area contributed by atoms with Crippen LogP contribution in [0, 0.1) is 0 Å². The molecular weight excluding hydrogens is 190 g/mol. The van der Waals surface area contributed by atoms with Crippen LogP contribution in [-0.2, 0) is 4.79 Å². The van der Waals surface area contributed by atoms with Gasteiger partial charge in [-0.25, -0.2) is 0 Å². The zero-order chi connectivity index (χ0) is 10.7. The Morgan fingerprint density at radius 2 is 2.40 bits per heavy atom. The lowest BCUT2D eigenvalue weighted by Gasteiger charge is -2.26. The quantitative estimate of drug-likeness (QED) is 0.763. The van der Waals surface area contributed by atoms with Crippen molar-refractivity contribution in [1.29, 1.82) is 0 Å². The standard InChI is InChI=1S/C11H17N3O/c1-14(9-5-7-12-8-9)11(15)10-4-2-3-6-13-10/h5,7-8,10,12-13H,2-4,6H2,1H3. The van der Waals surface area contributed by atoms with Crippen LogP contribution < -0.4 is 10.2 Å². The van der Waals surface area contributed by atoms with Gasteiger partial charge in [-0.2, -0.15) is 0 Å². The number of nitrogens with one attached hydrogen (secondary N) is 2. The van der Waals surface area contributed by atoms with E-state index < -0.39 is 0 Å². The highest BCUT2D eigenvalue weighted by Crippen LogP contribution is 2.15. The fraction of sp³-hybridized carbons (Fsp3) is 0.545. The molecule has 2 N–H and O–H groups in total. The summed E-state index contributed by atoms with van der Waals surface area (Å²) in [6, 6.07) is 1.90. The van der Waals surface area contributed by atoms with Crippen LogP contribution in [0.3, 0.4) is 0 Å². The lowest BCUT2D eigenvalue weighted by atomic mass is 10.0. The van der Waals surface area contributed by atoms with Crippen molar-refractivity contribution in [2.45, 2.75) is 25.3 Å². The van der Waals surface area contributed by atoms with Crippen molar-refractivity contribution < 1.29 is 4.79 Å². The van der Waals surface area contributed by atoms with E-state index in [0.29, 0.717) is 0 Å². The second kappa shape index (κ2) is 4.49. The maximum atomic E-state index is 12.0. The highest BCUT2D eigenvalue weighted by molar-refractivity contribution is 5.96. The Morgan fingerprint density at radius 3 is 3.00 bits per heavy atom. The first-order valence-corrected chi connectivity index (χ1v) is 5.43. The summed E-state index contributed by atoms with van der Waals surface area (Å²) >= 11 is 0. The SMILES string of the molecule is CN(C(=O)C1CCCCN1)c1cc[nH]c1. The average Bonchev–Trinajstić information content (AvgIpc) is 2.82. The largest absolute Gasteiger partial charge is 0.366 e. The molecule has 1 atom stereocenters. The molecule has 82 valence electrons. The molecule has 1 aromatic rings. The third kappa shape index (κ3) is 2.21. The van der Waals surface area contributed by atoms with Gasteiger partial charge >= 0.3 is 0 Å². The Labute approximate surface area is 89.7 Å². The molecule has 1 saturated heterocycles. The summed E-state index contributed by atoms with van der Waals surface area (Å²) in [4.78, 5) is 16.7. The van der Waals surface area contributed by atoms with E-state index in [-0.39, 0.29) is 11.9 Å². The summed E-state index contributed by atoms with van der Waals surface area (Å²) in [7, 11) is 1.82. The molecular formula is C11H17N3O. The molecule has 1 aliphatic rings. The van der Waals surface area contributed by atoms with E-state index in [0.717, 1.165) is 25.1 Å². The average molecular weight is 207 g/mol. The van der Waals surface area contributed by atoms with Crippen molar-refractivity contribution in [3.63, 3.8) is 0 Å². The van der Waals surface area contributed by atoms with E-state index in [1.807, 2.05) is 25.5 Å². The molecule has 0 aromatic carbocycles. The molecule has 0 aliphatic carbocycles. The van der Waals surface area contributed by atoms with Crippen LogP contribution in [0.1, 0.15) is 19.3 Å². The van der Waals surface area contributed by atoms with Gasteiger partial charge in [-0.05, 0) is 25.5 Å². The number of aromatic amines is 1. The fourth-order valence-electron chi connectivity index (χ4n) is 1.95. The van der Waals surface area contributed by atoms with E-state index in [4.69, 9.17) is 0 Å². The molecule has 0 radical (unpaired) electrons. The molecule has 1 aliphatic heterocycles. The predicted molar refractivity (Wildman–Crippen MR) is 59.8 cm³/mol. The summed E-state index contributed by atoms with van der Waals surface area (Å²) < 4.78 is 0. The molecule has 1 fully saturated rings. The zero-order valence-electron chi connectivity index (χ0n) is 8.99. The van der Waals surface area contributed by atoms with E-state index in [1.165, 1.54) is 6.42 Å². The fourth-order valence-corrected chi connectivity index (χ4v) is 1.95. The van der Waals surface area contributed by atoms with Crippen LogP contribution in [-0.4, -0.2) is 30.5 Å². The Bertz CT molecular complexity index is 315. The van der Waals surface area contributed by atoms with Crippen molar-refractivity contribution in [2.24, 2.45) is 0 Å². The summed E-state index contributed by atoms with van der Waals surface area (Å²) in [6.07, 6.45) is 6.93. The van der Waals surface area contributed by atoms with Crippen LogP contribution in [0.2, 0.25) is 0 Å². The number of rotatable bonds is 2. The minimum Gasteiger partial charge on any atom is -0.366 e. The number of H-pyrrole nitrogens is 1. The first kappa shape index (κ1) is 10.2. The second-order valence-corrected chi connectivity index (χ2v) is 3.97. The highest BCUT2D eigenvalue weighted by atomic mass is 16.2. The smallest absolute Gasteiger partial charge is 0.243 e. The van der Waals surface area contributed by atoms with Crippen LogP contribution in [0.15, 0.2) is 18.5 Å². The zero-order valence-corrected chi connectivity index (χ0v) is 8.99. The van der Waals surface area contributed by atoms with Gasteiger partial charge < -0.3 is 15.2 Å². The van der Waals surface area contributed by atoms with Gasteiger partial charge in [0.25, 0.3) is 0 Å². The normalized spacial score (nSPS) is 21.3. The van der Waals surface area contributed by atoms with Crippen LogP contribution in [0.5, 0.6) is 0 Å². The van der Waals surface area contributed by atoms with E-state index in [2.05, 4.69) is 10.3 Å². The molecule has 2 rings (SSSR count). The molecule has 2 heterocycles. The first-order chi connectivity index (χ1) is 7.29. The van der Waals surface area contributed by atoms with Crippen LogP contribution >= 0.6 is 0 Å². The molecule has 0 saturated carbocycles. The number of aromatic nitrogens is 1.